The Kier molecular flexibility index (Phi) is 3.76. The van der Waals surface area contributed by atoms with Gasteiger partial charge in [0.25, 0.3) is 0 Å². The van der Waals surface area contributed by atoms with Gasteiger partial charge in [-0.05, 0) is 30.2 Å². The molecule has 0 unspecified atom stereocenters. The van der Waals surface area contributed by atoms with Gasteiger partial charge in [-0.1, -0.05) is 50.6 Å². The van der Waals surface area contributed by atoms with Gasteiger partial charge in [-0.3, -0.25) is 4.99 Å². The Labute approximate surface area is 98.6 Å². The summed E-state index contributed by atoms with van der Waals surface area (Å²) in [6, 6.07) is 10.5. The first-order valence-corrected chi connectivity index (χ1v) is 6.35. The van der Waals surface area contributed by atoms with Crippen molar-refractivity contribution in [3.05, 3.63) is 35.9 Å². The number of hydrogen-bond acceptors (Lipinski definition) is 1. The van der Waals surface area contributed by atoms with Gasteiger partial charge in [0, 0.05) is 5.71 Å². The number of nitrogens with zero attached hydrogens (tertiary/aromatic N) is 1. The Morgan fingerprint density at radius 2 is 1.69 bits per heavy atom. The molecular weight excluding hydrogens is 194 g/mol. The molecule has 0 N–H and O–H groups in total. The van der Waals surface area contributed by atoms with Crippen molar-refractivity contribution in [1.29, 1.82) is 0 Å². The zero-order chi connectivity index (χ0) is 11.4. The maximum absolute atomic E-state index is 4.83. The molecule has 1 heteroatoms. The molecule has 2 atom stereocenters. The van der Waals surface area contributed by atoms with Gasteiger partial charge in [0.15, 0.2) is 0 Å². The van der Waals surface area contributed by atoms with E-state index in [2.05, 4.69) is 44.2 Å². The Balaban J connectivity index is 2.05. The van der Waals surface area contributed by atoms with Crippen molar-refractivity contribution >= 4 is 5.71 Å². The standard InChI is InChI=1S/C15H21N/c1-12-7-6-8-13(2)15(12)16-11-14-9-4-3-5-10-14/h3-5,9-10,12-13H,6-8,11H2,1-2H3/t12-,13-/m1/s1. The fraction of sp³-hybridized carbons (Fsp3) is 0.533. The number of hydrogen-bond donors (Lipinski definition) is 0. The molecule has 1 aliphatic carbocycles. The maximum Gasteiger partial charge on any atom is 0.0639 e. The number of benzene rings is 1. The van der Waals surface area contributed by atoms with E-state index in [1.54, 1.807) is 0 Å². The largest absolute Gasteiger partial charge is 0.289 e. The minimum atomic E-state index is 0.687. The average molecular weight is 215 g/mol. The number of aliphatic imine (C=N–C) groups is 1. The Hall–Kier alpha value is -1.11. The fourth-order valence-corrected chi connectivity index (χ4v) is 2.59. The SMILES string of the molecule is C[C@@H]1CCC[C@@H](C)C1=NCc1ccccc1. The summed E-state index contributed by atoms with van der Waals surface area (Å²) in [6.07, 6.45) is 4.00. The molecule has 1 aliphatic rings. The molecule has 1 saturated carbocycles. The summed E-state index contributed by atoms with van der Waals surface area (Å²) in [7, 11) is 0. The van der Waals surface area contributed by atoms with Gasteiger partial charge in [-0.2, -0.15) is 0 Å². The smallest absolute Gasteiger partial charge is 0.0639 e. The van der Waals surface area contributed by atoms with Crippen LogP contribution in [-0.2, 0) is 6.54 Å². The molecule has 0 bridgehead atoms. The molecule has 2 rings (SSSR count). The van der Waals surface area contributed by atoms with Gasteiger partial charge < -0.3 is 0 Å². The van der Waals surface area contributed by atoms with Gasteiger partial charge in [-0.25, -0.2) is 0 Å². The lowest BCUT2D eigenvalue weighted by Gasteiger charge is -2.26. The van der Waals surface area contributed by atoms with Crippen LogP contribution in [0, 0.1) is 11.8 Å². The average Bonchev–Trinajstić information content (AvgIpc) is 2.30. The van der Waals surface area contributed by atoms with Gasteiger partial charge in [-0.15, -0.1) is 0 Å². The molecule has 0 aliphatic heterocycles. The fourth-order valence-electron chi connectivity index (χ4n) is 2.59. The first-order chi connectivity index (χ1) is 7.77. The lowest BCUT2D eigenvalue weighted by Crippen LogP contribution is -2.24. The van der Waals surface area contributed by atoms with Gasteiger partial charge in [0.05, 0.1) is 6.54 Å². The molecule has 0 aromatic heterocycles. The summed E-state index contributed by atoms with van der Waals surface area (Å²) in [5, 5.41) is 0. The highest BCUT2D eigenvalue weighted by molar-refractivity contribution is 5.89. The highest BCUT2D eigenvalue weighted by Crippen LogP contribution is 2.26. The van der Waals surface area contributed by atoms with Crippen LogP contribution in [0.1, 0.15) is 38.7 Å². The summed E-state index contributed by atoms with van der Waals surface area (Å²) in [5.41, 5.74) is 2.76. The topological polar surface area (TPSA) is 12.4 Å². The van der Waals surface area contributed by atoms with E-state index in [9.17, 15) is 0 Å². The molecule has 86 valence electrons. The van der Waals surface area contributed by atoms with Crippen LogP contribution < -0.4 is 0 Å². The van der Waals surface area contributed by atoms with Crippen LogP contribution in [0.4, 0.5) is 0 Å². The van der Waals surface area contributed by atoms with Crippen LogP contribution in [0.15, 0.2) is 35.3 Å². The minimum absolute atomic E-state index is 0.687. The predicted octanol–water partition coefficient (Wildman–Crippen LogP) is 4.08. The highest BCUT2D eigenvalue weighted by atomic mass is 14.8. The lowest BCUT2D eigenvalue weighted by molar-refractivity contribution is 0.485. The van der Waals surface area contributed by atoms with E-state index in [0.29, 0.717) is 11.8 Å². The molecule has 0 spiro atoms. The molecule has 1 aromatic rings. The molecule has 0 saturated heterocycles. The lowest BCUT2D eigenvalue weighted by atomic mass is 9.81. The molecule has 1 aromatic carbocycles. The molecule has 0 radical (unpaired) electrons. The first kappa shape index (κ1) is 11.4. The van der Waals surface area contributed by atoms with Crippen LogP contribution in [0.3, 0.4) is 0 Å². The van der Waals surface area contributed by atoms with Crippen molar-refractivity contribution < 1.29 is 0 Å². The van der Waals surface area contributed by atoms with E-state index in [-0.39, 0.29) is 0 Å². The minimum Gasteiger partial charge on any atom is -0.289 e. The predicted molar refractivity (Wildman–Crippen MR) is 69.8 cm³/mol. The molecule has 1 nitrogen and oxygen atoms in total. The quantitative estimate of drug-likeness (QED) is 0.704. The maximum atomic E-state index is 4.83. The van der Waals surface area contributed by atoms with Crippen LogP contribution in [-0.4, -0.2) is 5.71 Å². The van der Waals surface area contributed by atoms with Crippen molar-refractivity contribution in [2.75, 3.05) is 0 Å². The van der Waals surface area contributed by atoms with Gasteiger partial charge >= 0.3 is 0 Å². The van der Waals surface area contributed by atoms with E-state index >= 15 is 0 Å². The third-order valence-electron chi connectivity index (χ3n) is 3.57. The third-order valence-corrected chi connectivity index (χ3v) is 3.57. The Bertz CT molecular complexity index is 341. The van der Waals surface area contributed by atoms with Crippen LogP contribution >= 0.6 is 0 Å². The molecular formula is C15H21N. The Morgan fingerprint density at radius 3 is 2.31 bits per heavy atom. The van der Waals surface area contributed by atoms with Crippen molar-refractivity contribution in [3.63, 3.8) is 0 Å². The van der Waals surface area contributed by atoms with Crippen molar-refractivity contribution in [2.24, 2.45) is 16.8 Å². The number of rotatable bonds is 2. The summed E-state index contributed by atoms with van der Waals surface area (Å²) in [5.74, 6) is 1.37. The highest BCUT2D eigenvalue weighted by Gasteiger charge is 2.22. The van der Waals surface area contributed by atoms with Gasteiger partial charge in [0.2, 0.25) is 0 Å². The van der Waals surface area contributed by atoms with E-state index < -0.39 is 0 Å². The van der Waals surface area contributed by atoms with Gasteiger partial charge in [0.1, 0.15) is 0 Å². The summed E-state index contributed by atoms with van der Waals surface area (Å²) in [6.45, 7) is 5.49. The monoisotopic (exact) mass is 215 g/mol. The second-order valence-electron chi connectivity index (χ2n) is 4.96. The molecule has 16 heavy (non-hydrogen) atoms. The summed E-state index contributed by atoms with van der Waals surface area (Å²) >= 11 is 0. The molecule has 1 fully saturated rings. The first-order valence-electron chi connectivity index (χ1n) is 6.35. The van der Waals surface area contributed by atoms with Crippen LogP contribution in [0.5, 0.6) is 0 Å². The van der Waals surface area contributed by atoms with Crippen LogP contribution in [0.2, 0.25) is 0 Å². The molecule has 0 heterocycles. The summed E-state index contributed by atoms with van der Waals surface area (Å²) < 4.78 is 0. The zero-order valence-electron chi connectivity index (χ0n) is 10.3. The normalized spacial score (nSPS) is 25.5. The molecule has 0 amide bonds. The zero-order valence-corrected chi connectivity index (χ0v) is 10.3. The Morgan fingerprint density at radius 1 is 1.06 bits per heavy atom. The van der Waals surface area contributed by atoms with Crippen molar-refractivity contribution in [3.8, 4) is 0 Å². The summed E-state index contributed by atoms with van der Waals surface area (Å²) in [4.78, 5) is 4.83. The van der Waals surface area contributed by atoms with E-state index in [0.717, 1.165) is 6.54 Å². The second-order valence-corrected chi connectivity index (χ2v) is 4.96. The van der Waals surface area contributed by atoms with Crippen molar-refractivity contribution in [2.45, 2.75) is 39.7 Å². The van der Waals surface area contributed by atoms with Crippen molar-refractivity contribution in [1.82, 2.24) is 0 Å². The van der Waals surface area contributed by atoms with Crippen LogP contribution in [0.25, 0.3) is 0 Å². The second kappa shape index (κ2) is 5.29. The van der Waals surface area contributed by atoms with E-state index in [4.69, 9.17) is 4.99 Å². The third kappa shape index (κ3) is 2.72. The van der Waals surface area contributed by atoms with E-state index in [1.165, 1.54) is 30.5 Å². The van der Waals surface area contributed by atoms with E-state index in [1.807, 2.05) is 0 Å².